The summed E-state index contributed by atoms with van der Waals surface area (Å²) in [7, 11) is 0. The van der Waals surface area contributed by atoms with Crippen molar-refractivity contribution < 1.29 is 28.9 Å². The van der Waals surface area contributed by atoms with Crippen LogP contribution in [0.5, 0.6) is 23.0 Å². The first-order chi connectivity index (χ1) is 19.1. The van der Waals surface area contributed by atoms with E-state index in [4.69, 9.17) is 14.2 Å². The fourth-order valence-electron chi connectivity index (χ4n) is 4.80. The van der Waals surface area contributed by atoms with Gasteiger partial charge in [0.1, 0.15) is 30.5 Å². The Kier molecular flexibility index (Phi) is 6.42. The van der Waals surface area contributed by atoms with Crippen molar-refractivity contribution in [1.82, 2.24) is 9.88 Å². The van der Waals surface area contributed by atoms with E-state index in [1.54, 1.807) is 54.9 Å². The second kappa shape index (κ2) is 10.3. The van der Waals surface area contributed by atoms with Crippen LogP contribution in [0.1, 0.15) is 22.7 Å². The van der Waals surface area contributed by atoms with Crippen LogP contribution in [0.2, 0.25) is 0 Å². The minimum atomic E-state index is -0.863. The summed E-state index contributed by atoms with van der Waals surface area (Å²) in [6, 6.07) is 24.2. The number of likely N-dealkylation sites (tertiary alicyclic amines) is 1. The Morgan fingerprint density at radius 2 is 1.69 bits per heavy atom. The van der Waals surface area contributed by atoms with E-state index in [0.717, 1.165) is 5.56 Å². The van der Waals surface area contributed by atoms with Crippen molar-refractivity contribution in [1.29, 1.82) is 0 Å². The van der Waals surface area contributed by atoms with Crippen LogP contribution in [0.25, 0.3) is 5.76 Å². The van der Waals surface area contributed by atoms with Crippen LogP contribution in [0.4, 0.5) is 0 Å². The predicted octanol–water partition coefficient (Wildman–Crippen LogP) is 5.27. The molecule has 2 aliphatic heterocycles. The zero-order valence-corrected chi connectivity index (χ0v) is 20.8. The van der Waals surface area contributed by atoms with E-state index in [1.807, 2.05) is 42.5 Å². The second-order valence-corrected chi connectivity index (χ2v) is 9.13. The lowest BCUT2D eigenvalue weighted by Gasteiger charge is -2.26. The van der Waals surface area contributed by atoms with Crippen LogP contribution in [0.15, 0.2) is 103 Å². The lowest BCUT2D eigenvalue weighted by Crippen LogP contribution is -2.29. The Bertz CT molecular complexity index is 1570. The number of ether oxygens (including phenoxy) is 3. The van der Waals surface area contributed by atoms with Crippen LogP contribution in [-0.2, 0) is 16.1 Å². The third-order valence-corrected chi connectivity index (χ3v) is 6.58. The molecule has 0 aliphatic carbocycles. The molecule has 194 valence electrons. The van der Waals surface area contributed by atoms with Crippen molar-refractivity contribution in [2.24, 2.45) is 0 Å². The van der Waals surface area contributed by atoms with Gasteiger partial charge in [-0.3, -0.25) is 14.6 Å². The number of carbonyl (C=O) groups is 2. The van der Waals surface area contributed by atoms with E-state index in [0.29, 0.717) is 47.3 Å². The lowest BCUT2D eigenvalue weighted by atomic mass is 9.95. The molecule has 0 radical (unpaired) electrons. The third-order valence-electron chi connectivity index (χ3n) is 6.58. The number of pyridine rings is 1. The molecule has 1 saturated heterocycles. The zero-order valence-electron chi connectivity index (χ0n) is 20.8. The average Bonchev–Trinajstić information content (AvgIpc) is 3.22. The highest BCUT2D eigenvalue weighted by molar-refractivity contribution is 6.46. The quantitative estimate of drug-likeness (QED) is 0.210. The molecule has 1 fully saturated rings. The van der Waals surface area contributed by atoms with Crippen LogP contribution >= 0.6 is 0 Å². The number of aliphatic hydroxyl groups is 1. The molecule has 1 atom stereocenters. The van der Waals surface area contributed by atoms with Gasteiger partial charge in [-0.1, -0.05) is 36.4 Å². The van der Waals surface area contributed by atoms with Gasteiger partial charge >= 0.3 is 0 Å². The van der Waals surface area contributed by atoms with E-state index in [2.05, 4.69) is 4.98 Å². The topological polar surface area (TPSA) is 98.2 Å². The summed E-state index contributed by atoms with van der Waals surface area (Å²) in [5.41, 5.74) is 1.70. The molecule has 3 aromatic carbocycles. The molecule has 1 aromatic heterocycles. The summed E-state index contributed by atoms with van der Waals surface area (Å²) in [5, 5.41) is 11.5. The summed E-state index contributed by atoms with van der Waals surface area (Å²) >= 11 is 0. The van der Waals surface area contributed by atoms with Gasteiger partial charge in [-0.05, 0) is 59.7 Å². The molecule has 0 bridgehead atoms. The molecule has 0 saturated carbocycles. The maximum absolute atomic E-state index is 13.5. The van der Waals surface area contributed by atoms with Gasteiger partial charge in [0.2, 0.25) is 0 Å². The van der Waals surface area contributed by atoms with E-state index >= 15 is 0 Å². The third kappa shape index (κ3) is 4.80. The van der Waals surface area contributed by atoms with Crippen LogP contribution in [0.3, 0.4) is 0 Å². The first-order valence-electron chi connectivity index (χ1n) is 12.5. The molecule has 6 rings (SSSR count). The number of aromatic nitrogens is 1. The molecule has 1 unspecified atom stereocenters. The normalized spacial score (nSPS) is 17.7. The molecule has 8 nitrogen and oxygen atoms in total. The lowest BCUT2D eigenvalue weighted by molar-refractivity contribution is -0.140. The number of Topliss-reactive ketones (excluding diaryl/α,β-unsaturated/α-hetero) is 1. The van der Waals surface area contributed by atoms with Gasteiger partial charge in [0.05, 0.1) is 11.6 Å². The second-order valence-electron chi connectivity index (χ2n) is 9.13. The van der Waals surface area contributed by atoms with Gasteiger partial charge < -0.3 is 24.2 Å². The zero-order chi connectivity index (χ0) is 26.8. The monoisotopic (exact) mass is 520 g/mol. The minimum Gasteiger partial charge on any atom is -0.507 e. The van der Waals surface area contributed by atoms with Crippen molar-refractivity contribution in [2.45, 2.75) is 12.6 Å². The Balaban J connectivity index is 1.45. The predicted molar refractivity (Wildman–Crippen MR) is 142 cm³/mol. The number of amides is 1. The van der Waals surface area contributed by atoms with Crippen molar-refractivity contribution in [3.8, 4) is 23.0 Å². The standard InChI is InChI=1S/C31H24N2O6/c34-29(22-11-12-25-26(17-22)38-15-14-37-25)27-28(33(31(36)30(27)35)19-20-6-5-13-32-18-20)21-7-4-10-24(16-21)39-23-8-2-1-3-9-23/h1-13,16-18,28,34H,14-15,19H2/b29-27-. The van der Waals surface area contributed by atoms with E-state index < -0.39 is 17.7 Å². The fraction of sp³-hybridized carbons (Fsp3) is 0.129. The van der Waals surface area contributed by atoms with Gasteiger partial charge in [0.15, 0.2) is 11.5 Å². The molecule has 39 heavy (non-hydrogen) atoms. The SMILES string of the molecule is O=C1C(=O)N(Cc2cccnc2)C(c2cccc(Oc3ccccc3)c2)/C1=C(/O)c1ccc2c(c1)OCCO2. The van der Waals surface area contributed by atoms with Gasteiger partial charge in [-0.15, -0.1) is 0 Å². The van der Waals surface area contributed by atoms with Crippen molar-refractivity contribution in [3.05, 3.63) is 120 Å². The number of rotatable bonds is 6. The number of hydrogen-bond acceptors (Lipinski definition) is 7. The smallest absolute Gasteiger partial charge is 0.295 e. The van der Waals surface area contributed by atoms with Gasteiger partial charge in [-0.25, -0.2) is 0 Å². The van der Waals surface area contributed by atoms with Crippen LogP contribution < -0.4 is 14.2 Å². The van der Waals surface area contributed by atoms with Gasteiger partial charge in [0, 0.05) is 24.5 Å². The number of nitrogens with zero attached hydrogens (tertiary/aromatic N) is 2. The number of fused-ring (bicyclic) bond motifs is 1. The first-order valence-corrected chi connectivity index (χ1v) is 12.5. The largest absolute Gasteiger partial charge is 0.507 e. The number of benzene rings is 3. The Morgan fingerprint density at radius 3 is 2.49 bits per heavy atom. The number of hydrogen-bond donors (Lipinski definition) is 1. The molecule has 2 aliphatic rings. The number of aliphatic hydroxyl groups excluding tert-OH is 1. The molecule has 0 spiro atoms. The van der Waals surface area contributed by atoms with Crippen molar-refractivity contribution >= 4 is 17.4 Å². The average molecular weight is 521 g/mol. The maximum atomic E-state index is 13.5. The van der Waals surface area contributed by atoms with E-state index in [-0.39, 0.29) is 17.9 Å². The highest BCUT2D eigenvalue weighted by atomic mass is 16.6. The number of ketones is 1. The summed E-state index contributed by atoms with van der Waals surface area (Å²) in [6.45, 7) is 0.935. The number of para-hydroxylation sites is 1. The van der Waals surface area contributed by atoms with Crippen LogP contribution in [0, 0.1) is 0 Å². The Hall–Kier alpha value is -5.11. The molecular formula is C31H24N2O6. The maximum Gasteiger partial charge on any atom is 0.295 e. The summed E-state index contributed by atoms with van der Waals surface area (Å²) in [5.74, 6) is 0.420. The first kappa shape index (κ1) is 24.2. The van der Waals surface area contributed by atoms with Crippen molar-refractivity contribution in [3.63, 3.8) is 0 Å². The molecule has 1 N–H and O–H groups in total. The molecule has 1 amide bonds. The Labute approximate surface area is 224 Å². The van der Waals surface area contributed by atoms with Crippen molar-refractivity contribution in [2.75, 3.05) is 13.2 Å². The molecule has 4 aromatic rings. The number of carbonyl (C=O) groups excluding carboxylic acids is 2. The molecule has 3 heterocycles. The summed E-state index contributed by atoms with van der Waals surface area (Å²) in [4.78, 5) is 32.4. The minimum absolute atomic E-state index is 0.0163. The summed E-state index contributed by atoms with van der Waals surface area (Å²) in [6.07, 6.45) is 3.29. The molecule has 8 heteroatoms. The van der Waals surface area contributed by atoms with Gasteiger partial charge in [0.25, 0.3) is 11.7 Å². The van der Waals surface area contributed by atoms with E-state index in [1.165, 1.54) is 4.90 Å². The molecular weight excluding hydrogens is 496 g/mol. The highest BCUT2D eigenvalue weighted by Crippen LogP contribution is 2.42. The fourth-order valence-corrected chi connectivity index (χ4v) is 4.80. The Morgan fingerprint density at radius 1 is 0.897 bits per heavy atom. The van der Waals surface area contributed by atoms with Gasteiger partial charge in [-0.2, -0.15) is 0 Å². The van der Waals surface area contributed by atoms with Crippen LogP contribution in [-0.4, -0.2) is 39.9 Å². The highest BCUT2D eigenvalue weighted by Gasteiger charge is 2.46. The van der Waals surface area contributed by atoms with E-state index in [9.17, 15) is 14.7 Å². The summed E-state index contributed by atoms with van der Waals surface area (Å²) < 4.78 is 17.3.